The number of hydrogen-bond acceptors (Lipinski definition) is 5. The third-order valence-electron chi connectivity index (χ3n) is 6.12. The summed E-state index contributed by atoms with van der Waals surface area (Å²) in [5.74, 6) is -0.422. The van der Waals surface area contributed by atoms with E-state index in [4.69, 9.17) is 4.74 Å². The summed E-state index contributed by atoms with van der Waals surface area (Å²) in [6, 6.07) is 19.7. The zero-order valence-electron chi connectivity index (χ0n) is 21.8. The van der Waals surface area contributed by atoms with Crippen molar-refractivity contribution in [3.63, 3.8) is 0 Å². The van der Waals surface area contributed by atoms with Gasteiger partial charge in [0.2, 0.25) is 11.8 Å². The summed E-state index contributed by atoms with van der Waals surface area (Å²) in [4.78, 5) is 27.7. The van der Waals surface area contributed by atoms with Crippen LogP contribution in [0.3, 0.4) is 0 Å². The minimum Gasteiger partial charge on any atom is -0.497 e. The number of carbonyl (C=O) groups excluding carboxylic acids is 2. The van der Waals surface area contributed by atoms with Gasteiger partial charge >= 0.3 is 0 Å². The number of nitrogens with one attached hydrogen (secondary N) is 1. The first kappa shape index (κ1) is 27.7. The topological polar surface area (TPSA) is 96.0 Å². The van der Waals surface area contributed by atoms with E-state index >= 15 is 0 Å². The Balaban J connectivity index is 2.04. The molecule has 0 aliphatic heterocycles. The molecule has 3 rings (SSSR count). The fraction of sp³-hybridized carbons (Fsp3) is 0.286. The van der Waals surface area contributed by atoms with Crippen molar-refractivity contribution in [2.24, 2.45) is 0 Å². The molecule has 0 heterocycles. The van der Waals surface area contributed by atoms with Gasteiger partial charge in [0.05, 0.1) is 17.7 Å². The van der Waals surface area contributed by atoms with E-state index < -0.39 is 28.5 Å². The van der Waals surface area contributed by atoms with Crippen LogP contribution in [0, 0.1) is 13.8 Å². The highest BCUT2D eigenvalue weighted by atomic mass is 32.2. The van der Waals surface area contributed by atoms with Crippen LogP contribution in [0.4, 0.5) is 5.69 Å². The standard InChI is InChI=1S/C28H33N3O5S/c1-20-9-13-23(14-10-20)18-30(22(3)28(33)29-4)27(32)19-31(24-7-6-8-25(17-24)36-5)37(34,35)26-15-11-21(2)12-16-26/h6-17,22H,18-19H2,1-5H3,(H,29,33). The van der Waals surface area contributed by atoms with E-state index in [0.717, 1.165) is 21.0 Å². The molecule has 0 bridgehead atoms. The predicted molar refractivity (Wildman–Crippen MR) is 144 cm³/mol. The first-order valence-electron chi connectivity index (χ1n) is 11.9. The molecule has 196 valence electrons. The summed E-state index contributed by atoms with van der Waals surface area (Å²) >= 11 is 0. The number of likely N-dealkylation sites (N-methyl/N-ethyl adjacent to an activating group) is 1. The molecule has 37 heavy (non-hydrogen) atoms. The average Bonchev–Trinajstić information content (AvgIpc) is 2.90. The first-order valence-corrected chi connectivity index (χ1v) is 13.3. The molecular formula is C28H33N3O5S. The van der Waals surface area contributed by atoms with Gasteiger partial charge in [-0.2, -0.15) is 0 Å². The molecule has 3 aromatic carbocycles. The molecule has 0 spiro atoms. The van der Waals surface area contributed by atoms with Crippen molar-refractivity contribution >= 4 is 27.5 Å². The highest BCUT2D eigenvalue weighted by molar-refractivity contribution is 7.92. The molecule has 3 aromatic rings. The lowest BCUT2D eigenvalue weighted by atomic mass is 10.1. The van der Waals surface area contributed by atoms with Gasteiger partial charge < -0.3 is 15.0 Å². The molecule has 0 fully saturated rings. The second-order valence-corrected chi connectivity index (χ2v) is 10.7. The van der Waals surface area contributed by atoms with Gasteiger partial charge in [0.15, 0.2) is 0 Å². The van der Waals surface area contributed by atoms with Crippen LogP contribution in [0.2, 0.25) is 0 Å². The van der Waals surface area contributed by atoms with Crippen molar-refractivity contribution in [3.05, 3.63) is 89.5 Å². The number of rotatable bonds is 10. The Morgan fingerprint density at radius 3 is 2.11 bits per heavy atom. The zero-order chi connectivity index (χ0) is 27.2. The summed E-state index contributed by atoms with van der Waals surface area (Å²) in [5.41, 5.74) is 3.07. The molecule has 0 aliphatic rings. The van der Waals surface area contributed by atoms with Crippen molar-refractivity contribution in [3.8, 4) is 5.75 Å². The fourth-order valence-corrected chi connectivity index (χ4v) is 5.22. The molecule has 1 atom stereocenters. The highest BCUT2D eigenvalue weighted by Crippen LogP contribution is 2.28. The number of benzene rings is 3. The van der Waals surface area contributed by atoms with Gasteiger partial charge in [-0.05, 0) is 50.6 Å². The average molecular weight is 524 g/mol. The normalized spacial score (nSPS) is 11.9. The van der Waals surface area contributed by atoms with Crippen molar-refractivity contribution in [2.45, 2.75) is 38.3 Å². The third-order valence-corrected chi connectivity index (χ3v) is 7.90. The van der Waals surface area contributed by atoms with Crippen LogP contribution in [0.15, 0.2) is 77.7 Å². The molecule has 0 saturated heterocycles. The number of carbonyl (C=O) groups is 2. The van der Waals surface area contributed by atoms with Crippen molar-refractivity contribution in [1.82, 2.24) is 10.2 Å². The maximum absolute atomic E-state index is 13.8. The van der Waals surface area contributed by atoms with E-state index in [1.165, 1.54) is 31.2 Å². The summed E-state index contributed by atoms with van der Waals surface area (Å²) in [6.07, 6.45) is 0. The zero-order valence-corrected chi connectivity index (χ0v) is 22.6. The molecule has 0 aliphatic carbocycles. The van der Waals surface area contributed by atoms with Gasteiger partial charge in [-0.1, -0.05) is 53.6 Å². The second kappa shape index (κ2) is 11.9. The van der Waals surface area contributed by atoms with Crippen molar-refractivity contribution < 1.29 is 22.7 Å². The molecule has 0 saturated carbocycles. The number of nitrogens with zero attached hydrogens (tertiary/aromatic N) is 2. The number of aryl methyl sites for hydroxylation is 2. The summed E-state index contributed by atoms with van der Waals surface area (Å²) in [5, 5.41) is 2.58. The highest BCUT2D eigenvalue weighted by Gasteiger charge is 2.32. The van der Waals surface area contributed by atoms with Gasteiger partial charge in [0, 0.05) is 19.7 Å². The molecule has 0 radical (unpaired) electrons. The van der Waals surface area contributed by atoms with E-state index in [1.54, 1.807) is 43.3 Å². The lowest BCUT2D eigenvalue weighted by Crippen LogP contribution is -2.50. The van der Waals surface area contributed by atoms with Gasteiger partial charge in [-0.25, -0.2) is 8.42 Å². The Morgan fingerprint density at radius 1 is 0.946 bits per heavy atom. The van der Waals surface area contributed by atoms with Crippen LogP contribution in [0.5, 0.6) is 5.75 Å². The van der Waals surface area contributed by atoms with Gasteiger partial charge in [0.1, 0.15) is 18.3 Å². The quantitative estimate of drug-likeness (QED) is 0.438. The number of anilines is 1. The van der Waals surface area contributed by atoms with Crippen LogP contribution in [0.25, 0.3) is 0 Å². The van der Waals surface area contributed by atoms with Crippen molar-refractivity contribution in [1.29, 1.82) is 0 Å². The number of sulfonamides is 1. The Hall–Kier alpha value is -3.85. The minimum atomic E-state index is -4.12. The Kier molecular flexibility index (Phi) is 8.94. The van der Waals surface area contributed by atoms with Crippen LogP contribution < -0.4 is 14.4 Å². The largest absolute Gasteiger partial charge is 0.497 e. The molecule has 1 N–H and O–H groups in total. The second-order valence-electron chi connectivity index (χ2n) is 8.82. The molecule has 9 heteroatoms. The Morgan fingerprint density at radius 2 is 1.54 bits per heavy atom. The van der Waals surface area contributed by atoms with Gasteiger partial charge in [-0.3, -0.25) is 13.9 Å². The Bertz CT molecular complexity index is 1340. The molecule has 2 amide bonds. The van der Waals surface area contributed by atoms with Crippen LogP contribution in [0.1, 0.15) is 23.6 Å². The third kappa shape index (κ3) is 6.68. The number of ether oxygens (including phenoxy) is 1. The van der Waals surface area contributed by atoms with Gasteiger partial charge in [0.25, 0.3) is 10.0 Å². The van der Waals surface area contributed by atoms with Crippen LogP contribution in [-0.2, 0) is 26.2 Å². The lowest BCUT2D eigenvalue weighted by Gasteiger charge is -2.32. The smallest absolute Gasteiger partial charge is 0.264 e. The SMILES string of the molecule is CNC(=O)C(C)N(Cc1ccc(C)cc1)C(=O)CN(c1cccc(OC)c1)S(=O)(=O)c1ccc(C)cc1. The summed E-state index contributed by atoms with van der Waals surface area (Å²) in [7, 11) is -1.14. The predicted octanol–water partition coefficient (Wildman–Crippen LogP) is 3.67. The number of amides is 2. The Labute approximate surface area is 218 Å². The maximum atomic E-state index is 13.8. The molecule has 8 nitrogen and oxygen atoms in total. The maximum Gasteiger partial charge on any atom is 0.264 e. The number of methoxy groups -OCH3 is 1. The van der Waals surface area contributed by atoms with Gasteiger partial charge in [-0.15, -0.1) is 0 Å². The summed E-state index contributed by atoms with van der Waals surface area (Å²) in [6.45, 7) is 5.08. The van der Waals surface area contributed by atoms with Crippen LogP contribution in [-0.4, -0.2) is 51.9 Å². The van der Waals surface area contributed by atoms with E-state index in [0.29, 0.717) is 5.75 Å². The molecule has 0 aromatic heterocycles. The minimum absolute atomic E-state index is 0.0538. The fourth-order valence-electron chi connectivity index (χ4n) is 3.81. The van der Waals surface area contributed by atoms with E-state index in [-0.39, 0.29) is 23.0 Å². The van der Waals surface area contributed by atoms with Crippen molar-refractivity contribution in [2.75, 3.05) is 25.0 Å². The van der Waals surface area contributed by atoms with E-state index in [2.05, 4.69) is 5.32 Å². The number of hydrogen-bond donors (Lipinski definition) is 1. The molecule has 1 unspecified atom stereocenters. The van der Waals surface area contributed by atoms with E-state index in [1.807, 2.05) is 38.1 Å². The summed E-state index contributed by atoms with van der Waals surface area (Å²) < 4.78 is 33.9. The van der Waals surface area contributed by atoms with Crippen LogP contribution >= 0.6 is 0 Å². The van der Waals surface area contributed by atoms with E-state index in [9.17, 15) is 18.0 Å². The monoisotopic (exact) mass is 523 g/mol. The lowest BCUT2D eigenvalue weighted by molar-refractivity contribution is -0.139. The first-order chi connectivity index (χ1) is 17.6. The molecular weight excluding hydrogens is 490 g/mol.